The van der Waals surface area contributed by atoms with Crippen LogP contribution in [0.3, 0.4) is 0 Å². The first-order valence-electron chi connectivity index (χ1n) is 8.12. The predicted octanol–water partition coefficient (Wildman–Crippen LogP) is 4.94. The Labute approximate surface area is 150 Å². The molecule has 1 nitrogen and oxygen atoms in total. The molecule has 0 spiro atoms. The monoisotopic (exact) mass is 352 g/mol. The molecule has 3 heteroatoms. The molecule has 0 fully saturated rings. The van der Waals surface area contributed by atoms with E-state index in [1.54, 1.807) is 0 Å². The van der Waals surface area contributed by atoms with Crippen LogP contribution in [0.2, 0.25) is 0 Å². The van der Waals surface area contributed by atoms with Crippen LogP contribution < -0.4 is 10.6 Å². The normalized spacial score (nSPS) is 17.6. The predicted molar refractivity (Wildman–Crippen MR) is 109 cm³/mol. The topological polar surface area (TPSA) is 9.23 Å². The van der Waals surface area contributed by atoms with Crippen molar-refractivity contribution in [3.8, 4) is 0 Å². The van der Waals surface area contributed by atoms with E-state index < -0.39 is 7.92 Å². The summed E-state index contributed by atoms with van der Waals surface area (Å²) in [6.07, 6.45) is 6.69. The second-order valence-electron chi connectivity index (χ2n) is 5.82. The highest BCUT2D eigenvalue weighted by Gasteiger charge is 2.30. The Morgan fingerprint density at radius 1 is 1.00 bits per heavy atom. The van der Waals surface area contributed by atoms with Crippen LogP contribution in [0.5, 0.6) is 0 Å². The average Bonchev–Trinajstić information content (AvgIpc) is 3.06. The molecular formula is C21H21OPS. The highest BCUT2D eigenvalue weighted by atomic mass is 32.1. The van der Waals surface area contributed by atoms with Crippen LogP contribution in [-0.2, 0) is 4.74 Å². The third-order valence-corrected chi connectivity index (χ3v) is 6.76. The molecule has 2 aromatic rings. The fraction of sp³-hybridized carbons (Fsp3) is 0.190. The quantitative estimate of drug-likeness (QED) is 0.557. The lowest BCUT2D eigenvalue weighted by Gasteiger charge is -2.28. The molecule has 0 radical (unpaired) electrons. The second kappa shape index (κ2) is 7.88. The van der Waals surface area contributed by atoms with Crippen molar-refractivity contribution in [3.63, 3.8) is 0 Å². The third kappa shape index (κ3) is 3.83. The van der Waals surface area contributed by atoms with Crippen molar-refractivity contribution < 1.29 is 4.74 Å². The molecule has 1 aliphatic carbocycles. The average molecular weight is 352 g/mol. The molecule has 1 unspecified atom stereocenters. The Morgan fingerprint density at radius 3 is 2.04 bits per heavy atom. The number of benzene rings is 2. The summed E-state index contributed by atoms with van der Waals surface area (Å²) in [5.41, 5.74) is 0. The van der Waals surface area contributed by atoms with E-state index in [0.29, 0.717) is 5.05 Å². The first-order chi connectivity index (χ1) is 11.7. The van der Waals surface area contributed by atoms with E-state index in [1.807, 2.05) is 6.92 Å². The lowest BCUT2D eigenvalue weighted by molar-refractivity contribution is 0.185. The van der Waals surface area contributed by atoms with E-state index in [-0.39, 0.29) is 12.0 Å². The molecular weight excluding hydrogens is 331 g/mol. The van der Waals surface area contributed by atoms with Crippen molar-refractivity contribution >= 4 is 35.8 Å². The number of hydrogen-bond donors (Lipinski definition) is 0. The summed E-state index contributed by atoms with van der Waals surface area (Å²) < 4.78 is 5.84. The molecule has 1 aliphatic rings. The minimum absolute atomic E-state index is 0.0462. The zero-order valence-electron chi connectivity index (χ0n) is 13.9. The van der Waals surface area contributed by atoms with Crippen molar-refractivity contribution in [1.82, 2.24) is 0 Å². The molecule has 2 aromatic carbocycles. The van der Waals surface area contributed by atoms with Gasteiger partial charge in [0.2, 0.25) is 0 Å². The summed E-state index contributed by atoms with van der Waals surface area (Å²) in [4.78, 5) is 0. The third-order valence-electron chi connectivity index (χ3n) is 4.07. The standard InChI is InChI=1S/C21H21OPS/c1-16(22-17(2)24)20-14-9-15-21(20)23(18-10-5-3-6-11-18)19-12-7-4-8-13-19/h3-16,20H,1-2H3/t16-,20?/m1/s1. The van der Waals surface area contributed by atoms with Crippen LogP contribution in [0.4, 0.5) is 0 Å². The maximum absolute atomic E-state index is 5.84. The summed E-state index contributed by atoms with van der Waals surface area (Å²) in [7, 11) is -0.573. The zero-order chi connectivity index (χ0) is 16.9. The van der Waals surface area contributed by atoms with Crippen molar-refractivity contribution in [1.29, 1.82) is 0 Å². The lowest BCUT2D eigenvalue weighted by atomic mass is 10.1. The van der Waals surface area contributed by atoms with E-state index in [2.05, 4.69) is 85.8 Å². The highest BCUT2D eigenvalue weighted by molar-refractivity contribution is 7.80. The Kier molecular flexibility index (Phi) is 5.60. The maximum atomic E-state index is 5.84. The molecule has 24 heavy (non-hydrogen) atoms. The van der Waals surface area contributed by atoms with Crippen molar-refractivity contribution in [2.45, 2.75) is 20.0 Å². The molecule has 0 N–H and O–H groups in total. The molecule has 2 atom stereocenters. The molecule has 0 aliphatic heterocycles. The Hall–Kier alpha value is -1.76. The van der Waals surface area contributed by atoms with Gasteiger partial charge in [0.1, 0.15) is 6.10 Å². The summed E-state index contributed by atoms with van der Waals surface area (Å²) in [5.74, 6) is 0.259. The van der Waals surface area contributed by atoms with Gasteiger partial charge in [-0.15, -0.1) is 0 Å². The molecule has 122 valence electrons. The fourth-order valence-electron chi connectivity index (χ4n) is 3.04. The van der Waals surface area contributed by atoms with Gasteiger partial charge < -0.3 is 4.74 Å². The first-order valence-corrected chi connectivity index (χ1v) is 9.87. The Morgan fingerprint density at radius 2 is 1.54 bits per heavy atom. The summed E-state index contributed by atoms with van der Waals surface area (Å²) >= 11 is 5.14. The van der Waals surface area contributed by atoms with Gasteiger partial charge in [-0.3, -0.25) is 0 Å². The van der Waals surface area contributed by atoms with Gasteiger partial charge in [0.25, 0.3) is 0 Å². The van der Waals surface area contributed by atoms with Gasteiger partial charge in [-0.1, -0.05) is 78.9 Å². The van der Waals surface area contributed by atoms with Gasteiger partial charge in [0.05, 0.1) is 0 Å². The largest absolute Gasteiger partial charge is 0.484 e. The smallest absolute Gasteiger partial charge is 0.157 e. The van der Waals surface area contributed by atoms with Crippen molar-refractivity contribution in [2.24, 2.45) is 5.92 Å². The van der Waals surface area contributed by atoms with E-state index >= 15 is 0 Å². The molecule has 0 saturated heterocycles. The molecule has 0 bridgehead atoms. The SMILES string of the molecule is CC(=S)O[C@H](C)C1C=CC=C1P(c1ccccc1)c1ccccc1. The number of rotatable bonds is 5. The van der Waals surface area contributed by atoms with Crippen LogP contribution in [0, 0.1) is 5.92 Å². The Bertz CT molecular complexity index is 712. The van der Waals surface area contributed by atoms with E-state index in [0.717, 1.165) is 0 Å². The number of ether oxygens (including phenoxy) is 1. The van der Waals surface area contributed by atoms with Crippen LogP contribution >= 0.6 is 20.1 Å². The number of allylic oxidation sites excluding steroid dienone is 2. The van der Waals surface area contributed by atoms with Crippen LogP contribution in [0.1, 0.15) is 13.8 Å². The number of thiocarbonyl (C=S) groups is 1. The minimum Gasteiger partial charge on any atom is -0.484 e. The van der Waals surface area contributed by atoms with Gasteiger partial charge in [-0.25, -0.2) is 0 Å². The molecule has 0 saturated carbocycles. The summed E-state index contributed by atoms with van der Waals surface area (Å²) in [6, 6.07) is 21.5. The van der Waals surface area contributed by atoms with Gasteiger partial charge in [-0.05, 0) is 43.0 Å². The van der Waals surface area contributed by atoms with Crippen LogP contribution in [-0.4, -0.2) is 11.2 Å². The van der Waals surface area contributed by atoms with Crippen molar-refractivity contribution in [3.05, 3.63) is 84.2 Å². The first kappa shape index (κ1) is 17.1. The van der Waals surface area contributed by atoms with Crippen LogP contribution in [0.15, 0.2) is 84.2 Å². The zero-order valence-corrected chi connectivity index (χ0v) is 15.6. The minimum atomic E-state index is -0.573. The molecule has 0 heterocycles. The summed E-state index contributed by atoms with van der Waals surface area (Å²) in [5, 5.41) is 4.76. The highest BCUT2D eigenvalue weighted by Crippen LogP contribution is 2.50. The van der Waals surface area contributed by atoms with Gasteiger partial charge in [0, 0.05) is 12.8 Å². The number of hydrogen-bond acceptors (Lipinski definition) is 2. The van der Waals surface area contributed by atoms with E-state index in [9.17, 15) is 0 Å². The van der Waals surface area contributed by atoms with Gasteiger partial charge >= 0.3 is 0 Å². The lowest BCUT2D eigenvalue weighted by Crippen LogP contribution is -2.24. The van der Waals surface area contributed by atoms with Crippen molar-refractivity contribution in [2.75, 3.05) is 0 Å². The molecule has 3 rings (SSSR count). The van der Waals surface area contributed by atoms with Gasteiger partial charge in [0.15, 0.2) is 5.05 Å². The Balaban J connectivity index is 1.99. The van der Waals surface area contributed by atoms with E-state index in [4.69, 9.17) is 17.0 Å². The summed E-state index contributed by atoms with van der Waals surface area (Å²) in [6.45, 7) is 3.94. The maximum Gasteiger partial charge on any atom is 0.157 e. The van der Waals surface area contributed by atoms with Crippen LogP contribution in [0.25, 0.3) is 0 Å². The second-order valence-corrected chi connectivity index (χ2v) is 8.62. The fourth-order valence-corrected chi connectivity index (χ4v) is 5.86. The van der Waals surface area contributed by atoms with Gasteiger partial charge in [-0.2, -0.15) is 0 Å². The molecule has 0 amide bonds. The van der Waals surface area contributed by atoms with E-state index in [1.165, 1.54) is 15.9 Å². The molecule has 0 aromatic heterocycles.